The van der Waals surface area contributed by atoms with Crippen LogP contribution in [-0.2, 0) is 0 Å². The van der Waals surface area contributed by atoms with Crippen molar-refractivity contribution in [2.75, 3.05) is 18.0 Å². The summed E-state index contributed by atoms with van der Waals surface area (Å²) in [5.74, 6) is 0.465. The number of halogens is 2. The van der Waals surface area contributed by atoms with Crippen LogP contribution >= 0.6 is 27.5 Å². The van der Waals surface area contributed by atoms with Gasteiger partial charge in [0.05, 0.1) is 17.8 Å². The van der Waals surface area contributed by atoms with Gasteiger partial charge in [0, 0.05) is 23.6 Å². The first-order chi connectivity index (χ1) is 10.7. The SMILES string of the molecule is N#Cc1cc(Br)ccc1N1CCC(Oc2ncccc2Cl)C1. The first-order valence-electron chi connectivity index (χ1n) is 6.89. The predicted octanol–water partition coefficient (Wildman–Crippen LogP) is 4.03. The van der Waals surface area contributed by atoms with E-state index in [-0.39, 0.29) is 6.10 Å². The van der Waals surface area contributed by atoms with Crippen molar-refractivity contribution in [2.24, 2.45) is 0 Å². The molecule has 1 atom stereocenters. The van der Waals surface area contributed by atoms with Gasteiger partial charge in [0.2, 0.25) is 5.88 Å². The number of ether oxygens (including phenoxy) is 1. The lowest BCUT2D eigenvalue weighted by Crippen LogP contribution is -2.25. The number of nitriles is 1. The number of rotatable bonds is 3. The van der Waals surface area contributed by atoms with Crippen molar-refractivity contribution in [3.05, 3.63) is 51.6 Å². The summed E-state index contributed by atoms with van der Waals surface area (Å²) in [6, 6.07) is 11.5. The lowest BCUT2D eigenvalue weighted by molar-refractivity contribution is 0.216. The Labute approximate surface area is 142 Å². The molecule has 0 spiro atoms. The van der Waals surface area contributed by atoms with E-state index in [4.69, 9.17) is 16.3 Å². The maximum absolute atomic E-state index is 9.28. The molecule has 1 aliphatic rings. The minimum Gasteiger partial charge on any atom is -0.471 e. The molecule has 2 aromatic rings. The summed E-state index contributed by atoms with van der Waals surface area (Å²) in [5, 5.41) is 9.80. The fourth-order valence-electron chi connectivity index (χ4n) is 2.53. The molecule has 0 N–H and O–H groups in total. The topological polar surface area (TPSA) is 49.2 Å². The van der Waals surface area contributed by atoms with E-state index in [0.717, 1.165) is 23.1 Å². The van der Waals surface area contributed by atoms with Crippen molar-refractivity contribution in [2.45, 2.75) is 12.5 Å². The van der Waals surface area contributed by atoms with Crippen LogP contribution in [0.3, 0.4) is 0 Å². The lowest BCUT2D eigenvalue weighted by atomic mass is 10.2. The number of hydrogen-bond donors (Lipinski definition) is 0. The molecule has 1 aliphatic heterocycles. The third kappa shape index (κ3) is 3.18. The van der Waals surface area contributed by atoms with Gasteiger partial charge in [-0.2, -0.15) is 5.26 Å². The molecule has 4 nitrogen and oxygen atoms in total. The van der Waals surface area contributed by atoms with E-state index in [1.807, 2.05) is 18.2 Å². The Morgan fingerprint density at radius 2 is 2.27 bits per heavy atom. The highest BCUT2D eigenvalue weighted by Gasteiger charge is 2.26. The van der Waals surface area contributed by atoms with Crippen LogP contribution in [-0.4, -0.2) is 24.2 Å². The van der Waals surface area contributed by atoms with Gasteiger partial charge in [-0.05, 0) is 30.3 Å². The second-order valence-corrected chi connectivity index (χ2v) is 6.36. The maximum Gasteiger partial charge on any atom is 0.232 e. The minimum absolute atomic E-state index is 0.0163. The highest BCUT2D eigenvalue weighted by molar-refractivity contribution is 9.10. The zero-order valence-corrected chi connectivity index (χ0v) is 14.0. The summed E-state index contributed by atoms with van der Waals surface area (Å²) in [4.78, 5) is 6.31. The maximum atomic E-state index is 9.28. The smallest absolute Gasteiger partial charge is 0.232 e. The summed E-state index contributed by atoms with van der Waals surface area (Å²) < 4.78 is 6.78. The average Bonchev–Trinajstić information content (AvgIpc) is 2.98. The first kappa shape index (κ1) is 15.1. The molecule has 0 aliphatic carbocycles. The lowest BCUT2D eigenvalue weighted by Gasteiger charge is -2.20. The van der Waals surface area contributed by atoms with Crippen LogP contribution in [0.25, 0.3) is 0 Å². The van der Waals surface area contributed by atoms with E-state index in [9.17, 15) is 5.26 Å². The minimum atomic E-state index is 0.0163. The molecule has 1 aromatic carbocycles. The first-order valence-corrected chi connectivity index (χ1v) is 8.06. The third-order valence-electron chi connectivity index (χ3n) is 3.57. The van der Waals surface area contributed by atoms with Crippen LogP contribution in [0, 0.1) is 11.3 Å². The van der Waals surface area contributed by atoms with Gasteiger partial charge in [-0.25, -0.2) is 4.98 Å². The molecular formula is C16H13BrClN3O. The Morgan fingerprint density at radius 1 is 1.41 bits per heavy atom. The molecule has 6 heteroatoms. The van der Waals surface area contributed by atoms with Crippen LogP contribution in [0.5, 0.6) is 5.88 Å². The van der Waals surface area contributed by atoms with Crippen molar-refractivity contribution in [1.29, 1.82) is 5.26 Å². The van der Waals surface area contributed by atoms with Crippen molar-refractivity contribution < 1.29 is 4.74 Å². The Balaban J connectivity index is 1.73. The highest BCUT2D eigenvalue weighted by atomic mass is 79.9. The molecule has 1 unspecified atom stereocenters. The Kier molecular flexibility index (Phi) is 4.51. The standard InChI is InChI=1S/C16H13BrClN3O/c17-12-3-4-15(11(8-12)9-19)21-7-5-13(10-21)22-16-14(18)2-1-6-20-16/h1-4,6,8,13H,5,7,10H2. The van der Waals surface area contributed by atoms with Crippen LogP contribution in [0.1, 0.15) is 12.0 Å². The molecule has 112 valence electrons. The Hall–Kier alpha value is -1.77. The van der Waals surface area contributed by atoms with Crippen LogP contribution in [0.15, 0.2) is 41.0 Å². The molecule has 0 saturated carbocycles. The highest BCUT2D eigenvalue weighted by Crippen LogP contribution is 2.29. The quantitative estimate of drug-likeness (QED) is 0.809. The molecule has 1 saturated heterocycles. The summed E-state index contributed by atoms with van der Waals surface area (Å²) >= 11 is 9.46. The predicted molar refractivity (Wildman–Crippen MR) is 89.4 cm³/mol. The summed E-state index contributed by atoms with van der Waals surface area (Å²) in [6.45, 7) is 1.55. The van der Waals surface area contributed by atoms with Crippen molar-refractivity contribution in [3.63, 3.8) is 0 Å². The number of aromatic nitrogens is 1. The largest absolute Gasteiger partial charge is 0.471 e. The third-order valence-corrected chi connectivity index (χ3v) is 4.35. The van der Waals surface area contributed by atoms with E-state index >= 15 is 0 Å². The van der Waals surface area contributed by atoms with Gasteiger partial charge < -0.3 is 9.64 Å². The van der Waals surface area contributed by atoms with E-state index in [1.54, 1.807) is 18.3 Å². The average molecular weight is 379 g/mol. The second-order valence-electron chi connectivity index (χ2n) is 5.04. The molecule has 1 aromatic heterocycles. The number of nitrogens with zero attached hydrogens (tertiary/aromatic N) is 3. The van der Waals surface area contributed by atoms with Gasteiger partial charge in [0.15, 0.2) is 0 Å². The van der Waals surface area contributed by atoms with Crippen molar-refractivity contribution >= 4 is 33.2 Å². The fraction of sp³-hybridized carbons (Fsp3) is 0.250. The molecule has 0 amide bonds. The van der Waals surface area contributed by atoms with Gasteiger partial charge in [0.25, 0.3) is 0 Å². The van der Waals surface area contributed by atoms with Gasteiger partial charge in [0.1, 0.15) is 17.2 Å². The Morgan fingerprint density at radius 3 is 3.05 bits per heavy atom. The zero-order valence-electron chi connectivity index (χ0n) is 11.7. The molecule has 1 fully saturated rings. The molecule has 0 radical (unpaired) electrons. The fourth-order valence-corrected chi connectivity index (χ4v) is 3.06. The van der Waals surface area contributed by atoms with Crippen LogP contribution in [0.2, 0.25) is 5.02 Å². The molecule has 22 heavy (non-hydrogen) atoms. The molecule has 0 bridgehead atoms. The number of hydrogen-bond acceptors (Lipinski definition) is 4. The van der Waals surface area contributed by atoms with E-state index < -0.39 is 0 Å². The zero-order chi connectivity index (χ0) is 15.5. The Bertz CT molecular complexity index is 732. The number of anilines is 1. The molecule has 3 rings (SSSR count). The second kappa shape index (κ2) is 6.55. The van der Waals surface area contributed by atoms with Gasteiger partial charge >= 0.3 is 0 Å². The number of pyridine rings is 1. The summed E-state index contributed by atoms with van der Waals surface area (Å²) in [6.07, 6.45) is 2.55. The van der Waals surface area contributed by atoms with Crippen molar-refractivity contribution in [3.8, 4) is 11.9 Å². The monoisotopic (exact) mass is 377 g/mol. The van der Waals surface area contributed by atoms with Crippen LogP contribution < -0.4 is 9.64 Å². The van der Waals surface area contributed by atoms with Gasteiger partial charge in [-0.15, -0.1) is 0 Å². The van der Waals surface area contributed by atoms with Crippen molar-refractivity contribution in [1.82, 2.24) is 4.98 Å². The summed E-state index contributed by atoms with van der Waals surface area (Å²) in [7, 11) is 0. The van der Waals surface area contributed by atoms with E-state index in [0.29, 0.717) is 23.0 Å². The summed E-state index contributed by atoms with van der Waals surface area (Å²) in [5.41, 5.74) is 1.59. The van der Waals surface area contributed by atoms with Gasteiger partial charge in [-0.1, -0.05) is 27.5 Å². The molecule has 2 heterocycles. The van der Waals surface area contributed by atoms with E-state index in [1.165, 1.54) is 0 Å². The number of benzene rings is 1. The normalized spacial score (nSPS) is 17.3. The van der Waals surface area contributed by atoms with Crippen LogP contribution in [0.4, 0.5) is 5.69 Å². The van der Waals surface area contributed by atoms with E-state index in [2.05, 4.69) is 31.9 Å². The molecular weight excluding hydrogens is 366 g/mol. The van der Waals surface area contributed by atoms with Gasteiger partial charge in [-0.3, -0.25) is 0 Å².